The fraction of sp³-hybridized carbons (Fsp3) is 0.333. The summed E-state index contributed by atoms with van der Waals surface area (Å²) in [6.45, 7) is 2.87. The van der Waals surface area contributed by atoms with E-state index in [9.17, 15) is 9.59 Å². The van der Waals surface area contributed by atoms with Gasteiger partial charge in [-0.25, -0.2) is 0 Å². The van der Waals surface area contributed by atoms with Gasteiger partial charge < -0.3 is 10.2 Å². The number of anilines is 1. The molecular weight excluding hydrogens is 332 g/mol. The molecule has 0 radical (unpaired) electrons. The quantitative estimate of drug-likeness (QED) is 0.921. The van der Waals surface area contributed by atoms with E-state index in [0.717, 1.165) is 36.1 Å². The summed E-state index contributed by atoms with van der Waals surface area (Å²) in [5, 5.41) is 2.76. The summed E-state index contributed by atoms with van der Waals surface area (Å²) >= 11 is 2.95. The molecule has 0 unspecified atom stereocenters. The number of rotatable bonds is 3. The van der Waals surface area contributed by atoms with E-state index in [4.69, 9.17) is 0 Å². The van der Waals surface area contributed by atoms with Gasteiger partial charge in [-0.2, -0.15) is 16.1 Å². The van der Waals surface area contributed by atoms with Gasteiger partial charge in [-0.15, -0.1) is 0 Å². The van der Waals surface area contributed by atoms with Crippen LogP contribution in [0, 0.1) is 0 Å². The third-order valence-electron chi connectivity index (χ3n) is 3.39. The van der Waals surface area contributed by atoms with Gasteiger partial charge in [0.2, 0.25) is 5.91 Å². The van der Waals surface area contributed by atoms with Crippen LogP contribution in [0.15, 0.2) is 24.4 Å². The van der Waals surface area contributed by atoms with Gasteiger partial charge in [-0.1, -0.05) is 6.07 Å². The van der Waals surface area contributed by atoms with E-state index in [1.54, 1.807) is 6.20 Å². The second kappa shape index (κ2) is 7.10. The van der Waals surface area contributed by atoms with Gasteiger partial charge in [0.1, 0.15) is 10.6 Å². The van der Waals surface area contributed by atoms with Crippen LogP contribution in [0.4, 0.5) is 5.69 Å². The number of pyridine rings is 1. The topological polar surface area (TPSA) is 75.2 Å². The average Bonchev–Trinajstić information content (AvgIpc) is 2.98. The molecule has 0 aromatic carbocycles. The molecule has 1 fully saturated rings. The lowest BCUT2D eigenvalue weighted by Gasteiger charge is -2.26. The Morgan fingerprint density at radius 2 is 2.04 bits per heavy atom. The standard InChI is InChI=1S/C15H16N4O2S2/c1-10(20)17-13-12(11-4-2-3-5-16-11)18-23-14(13)15(21)19-6-8-22-9-7-19/h2-5H,6-9H2,1H3,(H,17,20). The van der Waals surface area contributed by atoms with Crippen LogP contribution in [0.5, 0.6) is 0 Å². The molecule has 0 saturated carbocycles. The van der Waals surface area contributed by atoms with E-state index in [1.807, 2.05) is 34.9 Å². The molecule has 0 bridgehead atoms. The first-order valence-electron chi connectivity index (χ1n) is 7.22. The van der Waals surface area contributed by atoms with Crippen LogP contribution in [-0.4, -0.2) is 50.7 Å². The zero-order valence-corrected chi connectivity index (χ0v) is 14.2. The van der Waals surface area contributed by atoms with Gasteiger partial charge in [0, 0.05) is 37.7 Å². The smallest absolute Gasteiger partial charge is 0.267 e. The molecule has 0 spiro atoms. The van der Waals surface area contributed by atoms with E-state index >= 15 is 0 Å². The van der Waals surface area contributed by atoms with Crippen molar-refractivity contribution >= 4 is 40.8 Å². The summed E-state index contributed by atoms with van der Waals surface area (Å²) in [4.78, 5) is 30.9. The first kappa shape index (κ1) is 15.9. The minimum absolute atomic E-state index is 0.0752. The molecule has 1 aliphatic heterocycles. The molecule has 8 heteroatoms. The first-order valence-corrected chi connectivity index (χ1v) is 9.15. The maximum absolute atomic E-state index is 12.8. The predicted molar refractivity (Wildman–Crippen MR) is 92.9 cm³/mol. The molecule has 1 aliphatic rings. The lowest BCUT2D eigenvalue weighted by Crippen LogP contribution is -2.37. The monoisotopic (exact) mass is 348 g/mol. The third-order valence-corrected chi connectivity index (χ3v) is 5.17. The van der Waals surface area contributed by atoms with E-state index in [1.165, 1.54) is 6.92 Å². The normalized spacial score (nSPS) is 14.6. The molecular formula is C15H16N4O2S2. The van der Waals surface area contributed by atoms with Crippen molar-refractivity contribution in [1.82, 2.24) is 14.3 Å². The second-order valence-electron chi connectivity index (χ2n) is 5.04. The number of aromatic nitrogens is 2. The van der Waals surface area contributed by atoms with E-state index < -0.39 is 0 Å². The van der Waals surface area contributed by atoms with E-state index in [-0.39, 0.29) is 11.8 Å². The third kappa shape index (κ3) is 3.53. The Morgan fingerprint density at radius 3 is 2.70 bits per heavy atom. The Kier molecular flexibility index (Phi) is 4.92. The number of amides is 2. The number of carbonyl (C=O) groups is 2. The highest BCUT2D eigenvalue weighted by atomic mass is 32.2. The number of nitrogens with zero attached hydrogens (tertiary/aromatic N) is 3. The van der Waals surface area contributed by atoms with Crippen LogP contribution in [0.3, 0.4) is 0 Å². The summed E-state index contributed by atoms with van der Waals surface area (Å²) in [5.74, 6) is 1.57. The number of carbonyl (C=O) groups excluding carboxylic acids is 2. The van der Waals surface area contributed by atoms with E-state index in [0.29, 0.717) is 22.0 Å². The van der Waals surface area contributed by atoms with Crippen molar-refractivity contribution in [3.8, 4) is 11.4 Å². The largest absolute Gasteiger partial charge is 0.336 e. The summed E-state index contributed by atoms with van der Waals surface area (Å²) in [7, 11) is 0. The minimum Gasteiger partial charge on any atom is -0.336 e. The van der Waals surface area contributed by atoms with Crippen molar-refractivity contribution in [2.24, 2.45) is 0 Å². The highest BCUT2D eigenvalue weighted by Gasteiger charge is 2.27. The van der Waals surface area contributed by atoms with Crippen LogP contribution in [0.25, 0.3) is 11.4 Å². The summed E-state index contributed by atoms with van der Waals surface area (Å²) in [6.07, 6.45) is 1.66. The van der Waals surface area contributed by atoms with Crippen LogP contribution < -0.4 is 5.32 Å². The van der Waals surface area contributed by atoms with E-state index in [2.05, 4.69) is 14.7 Å². The molecule has 3 heterocycles. The lowest BCUT2D eigenvalue weighted by molar-refractivity contribution is -0.114. The Morgan fingerprint density at radius 1 is 1.26 bits per heavy atom. The molecule has 0 atom stereocenters. The van der Waals surface area contributed by atoms with Crippen molar-refractivity contribution in [1.29, 1.82) is 0 Å². The van der Waals surface area contributed by atoms with Crippen molar-refractivity contribution in [3.05, 3.63) is 29.3 Å². The van der Waals surface area contributed by atoms with Gasteiger partial charge in [-0.3, -0.25) is 14.6 Å². The zero-order valence-electron chi connectivity index (χ0n) is 12.6. The highest BCUT2D eigenvalue weighted by molar-refractivity contribution is 7.99. The predicted octanol–water partition coefficient (Wildman–Crippen LogP) is 2.35. The van der Waals surface area contributed by atoms with Crippen molar-refractivity contribution in [2.75, 3.05) is 29.9 Å². The Hall–Kier alpha value is -1.93. The highest BCUT2D eigenvalue weighted by Crippen LogP contribution is 2.33. The van der Waals surface area contributed by atoms with Crippen LogP contribution in [-0.2, 0) is 4.79 Å². The summed E-state index contributed by atoms with van der Waals surface area (Å²) < 4.78 is 4.37. The average molecular weight is 348 g/mol. The van der Waals surface area contributed by atoms with Crippen LogP contribution in [0.1, 0.15) is 16.6 Å². The molecule has 6 nitrogen and oxygen atoms in total. The van der Waals surface area contributed by atoms with Gasteiger partial charge in [0.15, 0.2) is 0 Å². The molecule has 1 N–H and O–H groups in total. The summed E-state index contributed by atoms with van der Waals surface area (Å²) in [5.41, 5.74) is 1.64. The molecule has 0 aliphatic carbocycles. The molecule has 3 rings (SSSR count). The number of nitrogens with one attached hydrogen (secondary N) is 1. The Bertz CT molecular complexity index is 712. The van der Waals surface area contributed by atoms with Gasteiger partial charge in [0.05, 0.1) is 11.4 Å². The molecule has 23 heavy (non-hydrogen) atoms. The van der Waals surface area contributed by atoms with Crippen molar-refractivity contribution in [2.45, 2.75) is 6.92 Å². The first-order chi connectivity index (χ1) is 11.2. The zero-order chi connectivity index (χ0) is 16.2. The SMILES string of the molecule is CC(=O)Nc1c(-c2ccccn2)nsc1C(=O)N1CCSCC1. The Balaban J connectivity index is 1.98. The summed E-state index contributed by atoms with van der Waals surface area (Å²) in [6, 6.07) is 5.47. The molecule has 2 amide bonds. The number of hydrogen-bond acceptors (Lipinski definition) is 6. The van der Waals surface area contributed by atoms with Crippen LogP contribution in [0.2, 0.25) is 0 Å². The van der Waals surface area contributed by atoms with Crippen molar-refractivity contribution in [3.63, 3.8) is 0 Å². The molecule has 1 saturated heterocycles. The number of thioether (sulfide) groups is 1. The van der Waals surface area contributed by atoms with Crippen molar-refractivity contribution < 1.29 is 9.59 Å². The molecule has 2 aromatic heterocycles. The maximum atomic E-state index is 12.8. The maximum Gasteiger partial charge on any atom is 0.267 e. The molecule has 120 valence electrons. The fourth-order valence-electron chi connectivity index (χ4n) is 2.32. The number of hydrogen-bond donors (Lipinski definition) is 1. The van der Waals surface area contributed by atoms with Gasteiger partial charge >= 0.3 is 0 Å². The fourth-order valence-corrected chi connectivity index (χ4v) is 4.03. The second-order valence-corrected chi connectivity index (χ2v) is 7.03. The minimum atomic E-state index is -0.231. The lowest BCUT2D eigenvalue weighted by atomic mass is 10.2. The Labute approximate surface area is 142 Å². The molecule has 2 aromatic rings. The van der Waals surface area contributed by atoms with Gasteiger partial charge in [0.25, 0.3) is 5.91 Å². The van der Waals surface area contributed by atoms with Crippen LogP contribution >= 0.6 is 23.3 Å². The van der Waals surface area contributed by atoms with Gasteiger partial charge in [-0.05, 0) is 23.7 Å².